The smallest absolute Gasteiger partial charge is 0.204 e. The fourth-order valence-corrected chi connectivity index (χ4v) is 4.82. The maximum absolute atomic E-state index is 14.3. The highest BCUT2D eigenvalue weighted by Gasteiger charge is 2.40. The first-order chi connectivity index (χ1) is 17.3. The zero-order valence-electron chi connectivity index (χ0n) is 19.7. The van der Waals surface area contributed by atoms with Gasteiger partial charge in [0.05, 0.1) is 27.7 Å². The summed E-state index contributed by atoms with van der Waals surface area (Å²) in [5, 5.41) is 12.8. The molecule has 3 N–H and O–H groups in total. The second-order valence-electron chi connectivity index (χ2n) is 8.91. The predicted molar refractivity (Wildman–Crippen MR) is 140 cm³/mol. The van der Waals surface area contributed by atoms with Crippen LogP contribution < -0.4 is 11.1 Å². The molecule has 0 bridgehead atoms. The second kappa shape index (κ2) is 9.14. The van der Waals surface area contributed by atoms with E-state index >= 15 is 0 Å². The third-order valence-electron chi connectivity index (χ3n) is 6.37. The van der Waals surface area contributed by atoms with Gasteiger partial charge in [0.2, 0.25) is 5.89 Å². The summed E-state index contributed by atoms with van der Waals surface area (Å²) >= 11 is 7.13. The summed E-state index contributed by atoms with van der Waals surface area (Å²) in [4.78, 5) is 7.80. The van der Waals surface area contributed by atoms with Crippen molar-refractivity contribution >= 4 is 39.6 Å². The van der Waals surface area contributed by atoms with Crippen molar-refractivity contribution in [2.75, 3.05) is 11.1 Å². The molecule has 1 aliphatic rings. The normalized spacial score (nSPS) is 19.2. The monoisotopic (exact) mass is 499 g/mol. The van der Waals surface area contributed by atoms with E-state index < -0.39 is 10.7 Å². The first-order valence-electron chi connectivity index (χ1n) is 11.4. The fraction of sp³-hybridized carbons (Fsp3) is 0.179. The number of pyridine rings is 1. The van der Waals surface area contributed by atoms with Crippen LogP contribution in [-0.2, 0) is 6.54 Å². The van der Waals surface area contributed by atoms with Crippen LogP contribution >= 0.6 is 11.6 Å². The van der Waals surface area contributed by atoms with Gasteiger partial charge in [0.15, 0.2) is 11.4 Å². The van der Waals surface area contributed by atoms with Gasteiger partial charge in [-0.15, -0.1) is 11.6 Å². The van der Waals surface area contributed by atoms with Crippen LogP contribution in [0.2, 0.25) is 0 Å². The van der Waals surface area contributed by atoms with Crippen molar-refractivity contribution in [2.45, 2.75) is 31.2 Å². The van der Waals surface area contributed by atoms with E-state index in [1.54, 1.807) is 25.3 Å². The van der Waals surface area contributed by atoms with Gasteiger partial charge < -0.3 is 15.5 Å². The molecule has 36 heavy (non-hydrogen) atoms. The number of nitrogens with two attached hydrogens (primary N) is 1. The van der Waals surface area contributed by atoms with E-state index in [-0.39, 0.29) is 5.92 Å². The van der Waals surface area contributed by atoms with Crippen LogP contribution in [0.5, 0.6) is 0 Å². The Labute approximate surface area is 212 Å². The molecule has 0 saturated heterocycles. The van der Waals surface area contributed by atoms with Gasteiger partial charge in [-0.3, -0.25) is 4.98 Å². The summed E-state index contributed by atoms with van der Waals surface area (Å²) in [5.41, 5.74) is 11.1. The number of nitriles is 1. The molecule has 2 atom stereocenters. The van der Waals surface area contributed by atoms with Crippen molar-refractivity contribution in [3.63, 3.8) is 0 Å². The van der Waals surface area contributed by atoms with Crippen LogP contribution in [-0.4, -0.2) is 14.8 Å². The number of nitrogen functional groups attached to an aromatic ring is 1. The molecule has 5 rings (SSSR count). The third kappa shape index (κ3) is 4.21. The number of benzene rings is 2. The third-order valence-corrected chi connectivity index (χ3v) is 6.81. The Balaban J connectivity index is 1.48. The summed E-state index contributed by atoms with van der Waals surface area (Å²) in [5.74, 6) is -0.377. The number of aryl methyl sites for hydroxylation is 1. The average molecular weight is 500 g/mol. The molecule has 2 unspecified atom stereocenters. The SMILES string of the molecule is Cc1nccc(NCc2cc(C#N)c3oc(C4C=CC=C(c5cccc(N)c5)C4(C)Cl)nc3c2)c1F. The zero-order chi connectivity index (χ0) is 25.4. The predicted octanol–water partition coefficient (Wildman–Crippen LogP) is 6.47. The van der Waals surface area contributed by atoms with Gasteiger partial charge in [0.25, 0.3) is 0 Å². The van der Waals surface area contributed by atoms with Crippen molar-refractivity contribution in [1.29, 1.82) is 5.26 Å². The highest BCUT2D eigenvalue weighted by atomic mass is 35.5. The number of aromatic nitrogens is 2. The molecule has 0 fully saturated rings. The number of nitrogens with zero attached hydrogens (tertiary/aromatic N) is 3. The number of rotatable bonds is 5. The summed E-state index contributed by atoms with van der Waals surface area (Å²) in [7, 11) is 0. The molecule has 2 aromatic carbocycles. The van der Waals surface area contributed by atoms with Gasteiger partial charge in [0, 0.05) is 18.4 Å². The lowest BCUT2D eigenvalue weighted by Crippen LogP contribution is -2.29. The molecule has 2 heterocycles. The molecule has 0 radical (unpaired) electrons. The fourth-order valence-electron chi connectivity index (χ4n) is 4.48. The molecule has 1 aliphatic carbocycles. The Hall–Kier alpha value is -4.15. The maximum Gasteiger partial charge on any atom is 0.204 e. The molecule has 0 saturated carbocycles. The minimum atomic E-state index is -0.864. The van der Waals surface area contributed by atoms with Crippen LogP contribution in [0, 0.1) is 24.1 Å². The highest BCUT2D eigenvalue weighted by Crippen LogP contribution is 2.47. The van der Waals surface area contributed by atoms with Gasteiger partial charge in [-0.2, -0.15) is 5.26 Å². The van der Waals surface area contributed by atoms with E-state index in [2.05, 4.69) is 16.4 Å². The van der Waals surface area contributed by atoms with Crippen molar-refractivity contribution in [3.05, 3.63) is 101 Å². The van der Waals surface area contributed by atoms with Gasteiger partial charge in [-0.25, -0.2) is 9.37 Å². The molecular formula is C28H23ClFN5O. The minimum absolute atomic E-state index is 0.298. The van der Waals surface area contributed by atoms with Crippen LogP contribution in [0.3, 0.4) is 0 Å². The summed E-state index contributed by atoms with van der Waals surface area (Å²) in [6.07, 6.45) is 7.37. The molecule has 6 nitrogen and oxygen atoms in total. The number of alkyl halides is 1. The molecule has 4 aromatic rings. The number of oxazole rings is 1. The lowest BCUT2D eigenvalue weighted by Gasteiger charge is -2.33. The Bertz CT molecular complexity index is 1580. The molecule has 0 amide bonds. The van der Waals surface area contributed by atoms with E-state index in [0.29, 0.717) is 46.2 Å². The van der Waals surface area contributed by atoms with Crippen molar-refractivity contribution in [1.82, 2.24) is 9.97 Å². The van der Waals surface area contributed by atoms with Gasteiger partial charge >= 0.3 is 0 Å². The highest BCUT2D eigenvalue weighted by molar-refractivity contribution is 6.31. The average Bonchev–Trinajstić information content (AvgIpc) is 3.27. The number of hydrogen-bond acceptors (Lipinski definition) is 6. The van der Waals surface area contributed by atoms with Gasteiger partial charge in [0.1, 0.15) is 11.6 Å². The Morgan fingerprint density at radius 2 is 2.11 bits per heavy atom. The Kier molecular flexibility index (Phi) is 5.99. The molecule has 8 heteroatoms. The van der Waals surface area contributed by atoms with Gasteiger partial charge in [-0.05, 0) is 60.9 Å². The maximum atomic E-state index is 14.3. The number of anilines is 2. The van der Waals surface area contributed by atoms with Crippen LogP contribution in [0.25, 0.3) is 16.7 Å². The number of allylic oxidation sites excluding steroid dienone is 4. The molecular weight excluding hydrogens is 477 g/mol. The van der Waals surface area contributed by atoms with E-state index in [1.165, 1.54) is 0 Å². The van der Waals surface area contributed by atoms with E-state index in [4.69, 9.17) is 26.7 Å². The standard InChI is InChI=1S/C28H23ClFN5O/c1-16-25(30)23(9-10-33-16)34-15-17-11-19(14-31)26-24(12-17)35-27(36-26)22-8-4-7-21(28(22,2)29)18-5-3-6-20(32)13-18/h3-13,22H,15,32H2,1-2H3,(H,33,34). The zero-order valence-corrected chi connectivity index (χ0v) is 20.5. The molecule has 0 aliphatic heterocycles. The number of halogens is 2. The lowest BCUT2D eigenvalue weighted by molar-refractivity contribution is 0.478. The first-order valence-corrected chi connectivity index (χ1v) is 11.8. The lowest BCUT2D eigenvalue weighted by atomic mass is 9.79. The van der Waals surface area contributed by atoms with Crippen molar-refractivity contribution in [2.24, 2.45) is 0 Å². The molecule has 2 aromatic heterocycles. The number of fused-ring (bicyclic) bond motifs is 1. The van der Waals surface area contributed by atoms with E-state index in [9.17, 15) is 9.65 Å². The minimum Gasteiger partial charge on any atom is -0.439 e. The van der Waals surface area contributed by atoms with E-state index in [0.717, 1.165) is 16.7 Å². The largest absolute Gasteiger partial charge is 0.439 e. The Morgan fingerprint density at radius 3 is 2.89 bits per heavy atom. The molecule has 180 valence electrons. The van der Waals surface area contributed by atoms with Crippen molar-refractivity contribution in [3.8, 4) is 6.07 Å². The number of hydrogen-bond donors (Lipinski definition) is 2. The number of nitrogens with one attached hydrogen (secondary N) is 1. The van der Waals surface area contributed by atoms with Crippen molar-refractivity contribution < 1.29 is 8.81 Å². The Morgan fingerprint density at radius 1 is 1.28 bits per heavy atom. The second-order valence-corrected chi connectivity index (χ2v) is 9.70. The summed E-state index contributed by atoms with van der Waals surface area (Å²) in [6.45, 7) is 3.82. The van der Waals surface area contributed by atoms with E-state index in [1.807, 2.05) is 55.5 Å². The van der Waals surface area contributed by atoms with Crippen LogP contribution in [0.15, 0.2) is 71.3 Å². The van der Waals surface area contributed by atoms with Gasteiger partial charge in [-0.1, -0.05) is 30.4 Å². The first kappa shape index (κ1) is 23.6. The quantitative estimate of drug-likeness (QED) is 0.241. The molecule has 0 spiro atoms. The van der Waals surface area contributed by atoms with Crippen LogP contribution in [0.4, 0.5) is 15.8 Å². The topological polar surface area (TPSA) is 101 Å². The summed E-state index contributed by atoms with van der Waals surface area (Å²) in [6, 6.07) is 14.9. The van der Waals surface area contributed by atoms with Crippen LogP contribution in [0.1, 0.15) is 41.1 Å². The summed E-state index contributed by atoms with van der Waals surface area (Å²) < 4.78 is 20.4.